The number of halogens is 1. The van der Waals surface area contributed by atoms with Crippen LogP contribution in [0.15, 0.2) is 84.9 Å². The van der Waals surface area contributed by atoms with E-state index in [1.807, 2.05) is 0 Å². The molecule has 0 N–H and O–H groups in total. The Morgan fingerprint density at radius 3 is 1.85 bits per heavy atom. The van der Waals surface area contributed by atoms with Gasteiger partial charge in [-0.3, -0.25) is 4.90 Å². The molecule has 0 amide bonds. The first-order chi connectivity index (χ1) is 16.2. The van der Waals surface area contributed by atoms with Crippen molar-refractivity contribution in [3.63, 3.8) is 0 Å². The Balaban J connectivity index is 1.21. The van der Waals surface area contributed by atoms with Crippen molar-refractivity contribution in [1.29, 1.82) is 0 Å². The summed E-state index contributed by atoms with van der Waals surface area (Å²) in [6, 6.07) is 27.7. The fraction of sp³-hybridized carbons (Fsp3) is 0.379. The highest BCUT2D eigenvalue weighted by molar-refractivity contribution is 5.22. The largest absolute Gasteiger partial charge is 0.491 e. The Hall–Kier alpha value is -2.69. The lowest BCUT2D eigenvalue weighted by Gasteiger charge is -2.33. The number of rotatable bonds is 11. The molecule has 0 radical (unpaired) electrons. The smallest absolute Gasteiger partial charge is 0.123 e. The van der Waals surface area contributed by atoms with Gasteiger partial charge in [0.1, 0.15) is 18.2 Å². The zero-order valence-electron chi connectivity index (χ0n) is 19.2. The van der Waals surface area contributed by atoms with Crippen molar-refractivity contribution in [3.8, 4) is 5.75 Å². The SMILES string of the molecule is Fc1ccc(OCCOC2CCC(CN(Cc3ccccc3)Cc3ccccc3)CC2)cc1. The van der Waals surface area contributed by atoms with Crippen LogP contribution < -0.4 is 4.74 Å². The predicted octanol–water partition coefficient (Wildman–Crippen LogP) is 6.48. The van der Waals surface area contributed by atoms with Crippen LogP contribution in [0.5, 0.6) is 5.75 Å². The van der Waals surface area contributed by atoms with E-state index in [-0.39, 0.29) is 5.82 Å². The predicted molar refractivity (Wildman–Crippen MR) is 131 cm³/mol. The Bertz CT molecular complexity index is 883. The lowest BCUT2D eigenvalue weighted by molar-refractivity contribution is 0.000408. The lowest BCUT2D eigenvalue weighted by atomic mass is 9.87. The topological polar surface area (TPSA) is 21.7 Å². The molecule has 0 aromatic heterocycles. The van der Waals surface area contributed by atoms with Crippen LogP contribution in [-0.4, -0.2) is 30.8 Å². The Labute approximate surface area is 197 Å². The van der Waals surface area contributed by atoms with Crippen molar-refractivity contribution < 1.29 is 13.9 Å². The second-order valence-corrected chi connectivity index (χ2v) is 8.96. The average molecular weight is 448 g/mol. The molecule has 33 heavy (non-hydrogen) atoms. The normalized spacial score (nSPS) is 18.4. The Kier molecular flexibility index (Phi) is 8.91. The third-order valence-electron chi connectivity index (χ3n) is 6.33. The fourth-order valence-electron chi connectivity index (χ4n) is 4.62. The summed E-state index contributed by atoms with van der Waals surface area (Å²) in [6.45, 7) is 4.14. The Morgan fingerprint density at radius 1 is 0.697 bits per heavy atom. The molecule has 0 saturated heterocycles. The van der Waals surface area contributed by atoms with Gasteiger partial charge in [0.15, 0.2) is 0 Å². The van der Waals surface area contributed by atoms with E-state index >= 15 is 0 Å². The summed E-state index contributed by atoms with van der Waals surface area (Å²) in [7, 11) is 0. The molecule has 3 aromatic rings. The monoisotopic (exact) mass is 447 g/mol. The highest BCUT2D eigenvalue weighted by atomic mass is 19.1. The molecular formula is C29H34FNO2. The standard InChI is InChI=1S/C29H34FNO2/c30-27-13-17-29(18-14-27)33-20-19-32-28-15-11-26(12-16-28)23-31(21-24-7-3-1-4-8-24)22-25-9-5-2-6-10-25/h1-10,13-14,17-18,26,28H,11-12,15-16,19-23H2. The second kappa shape index (κ2) is 12.5. The Morgan fingerprint density at radius 2 is 1.27 bits per heavy atom. The van der Waals surface area contributed by atoms with Crippen LogP contribution in [0.3, 0.4) is 0 Å². The van der Waals surface area contributed by atoms with Crippen molar-refractivity contribution in [1.82, 2.24) is 4.90 Å². The van der Waals surface area contributed by atoms with Crippen molar-refractivity contribution in [2.75, 3.05) is 19.8 Å². The third-order valence-corrected chi connectivity index (χ3v) is 6.33. The number of nitrogens with zero attached hydrogens (tertiary/aromatic N) is 1. The van der Waals surface area contributed by atoms with Crippen LogP contribution in [-0.2, 0) is 17.8 Å². The van der Waals surface area contributed by atoms with Crippen LogP contribution in [0.25, 0.3) is 0 Å². The summed E-state index contributed by atoms with van der Waals surface area (Å²) < 4.78 is 24.7. The van der Waals surface area contributed by atoms with E-state index in [4.69, 9.17) is 9.47 Å². The maximum Gasteiger partial charge on any atom is 0.123 e. The van der Waals surface area contributed by atoms with Gasteiger partial charge in [-0.25, -0.2) is 4.39 Å². The fourth-order valence-corrected chi connectivity index (χ4v) is 4.62. The maximum atomic E-state index is 13.0. The summed E-state index contributed by atoms with van der Waals surface area (Å²) in [5.74, 6) is 1.13. The minimum atomic E-state index is -0.249. The average Bonchev–Trinajstić information content (AvgIpc) is 2.85. The first-order valence-electron chi connectivity index (χ1n) is 12.0. The third kappa shape index (κ3) is 7.99. The molecule has 0 heterocycles. The quantitative estimate of drug-likeness (QED) is 0.314. The van der Waals surface area contributed by atoms with Crippen molar-refractivity contribution in [2.45, 2.75) is 44.9 Å². The molecular weight excluding hydrogens is 413 g/mol. The second-order valence-electron chi connectivity index (χ2n) is 8.96. The van der Waals surface area contributed by atoms with Crippen LogP contribution in [0.4, 0.5) is 4.39 Å². The lowest BCUT2D eigenvalue weighted by Crippen LogP contribution is -2.32. The summed E-state index contributed by atoms with van der Waals surface area (Å²) in [5, 5.41) is 0. The van der Waals surface area contributed by atoms with E-state index in [1.165, 1.54) is 36.1 Å². The van der Waals surface area contributed by atoms with Crippen LogP contribution >= 0.6 is 0 Å². The van der Waals surface area contributed by atoms with E-state index < -0.39 is 0 Å². The molecule has 4 heteroatoms. The molecule has 1 aliphatic rings. The number of hydrogen-bond acceptors (Lipinski definition) is 3. The molecule has 0 unspecified atom stereocenters. The molecule has 4 rings (SSSR count). The van der Waals surface area contributed by atoms with Crippen LogP contribution in [0.1, 0.15) is 36.8 Å². The summed E-state index contributed by atoms with van der Waals surface area (Å²) in [4.78, 5) is 2.59. The molecule has 1 saturated carbocycles. The van der Waals surface area contributed by atoms with Gasteiger partial charge >= 0.3 is 0 Å². The van der Waals surface area contributed by atoms with Gasteiger partial charge in [0.2, 0.25) is 0 Å². The molecule has 0 spiro atoms. The molecule has 0 aliphatic heterocycles. The summed E-state index contributed by atoms with van der Waals surface area (Å²) in [6.07, 6.45) is 4.92. The van der Waals surface area contributed by atoms with Gasteiger partial charge in [-0.1, -0.05) is 60.7 Å². The first kappa shape index (κ1) is 23.5. The molecule has 174 valence electrons. The van der Waals surface area contributed by atoms with Gasteiger partial charge in [-0.15, -0.1) is 0 Å². The molecule has 3 nitrogen and oxygen atoms in total. The first-order valence-corrected chi connectivity index (χ1v) is 12.0. The zero-order valence-corrected chi connectivity index (χ0v) is 19.2. The minimum Gasteiger partial charge on any atom is -0.491 e. The summed E-state index contributed by atoms with van der Waals surface area (Å²) in [5.41, 5.74) is 2.73. The van der Waals surface area contributed by atoms with E-state index in [0.29, 0.717) is 31.0 Å². The van der Waals surface area contributed by atoms with E-state index in [9.17, 15) is 4.39 Å². The molecule has 0 atom stereocenters. The highest BCUT2D eigenvalue weighted by Gasteiger charge is 2.23. The minimum absolute atomic E-state index is 0.249. The van der Waals surface area contributed by atoms with Crippen molar-refractivity contribution in [3.05, 3.63) is 102 Å². The molecule has 1 aliphatic carbocycles. The van der Waals surface area contributed by atoms with Gasteiger partial charge in [0.25, 0.3) is 0 Å². The van der Waals surface area contributed by atoms with Crippen molar-refractivity contribution in [2.24, 2.45) is 5.92 Å². The summed E-state index contributed by atoms with van der Waals surface area (Å²) >= 11 is 0. The maximum absolute atomic E-state index is 13.0. The van der Waals surface area contributed by atoms with Crippen LogP contribution in [0.2, 0.25) is 0 Å². The van der Waals surface area contributed by atoms with Crippen molar-refractivity contribution >= 4 is 0 Å². The van der Waals surface area contributed by atoms with Gasteiger partial charge in [0.05, 0.1) is 12.7 Å². The van der Waals surface area contributed by atoms with Gasteiger partial charge < -0.3 is 9.47 Å². The number of ether oxygens (including phenoxy) is 2. The molecule has 0 bridgehead atoms. The molecule has 1 fully saturated rings. The van der Waals surface area contributed by atoms with E-state index in [0.717, 1.165) is 32.5 Å². The number of hydrogen-bond donors (Lipinski definition) is 0. The van der Waals surface area contributed by atoms with E-state index in [1.54, 1.807) is 12.1 Å². The van der Waals surface area contributed by atoms with Gasteiger partial charge in [-0.2, -0.15) is 0 Å². The van der Waals surface area contributed by atoms with Gasteiger partial charge in [-0.05, 0) is 67.0 Å². The zero-order chi connectivity index (χ0) is 22.7. The number of benzene rings is 3. The van der Waals surface area contributed by atoms with Crippen LogP contribution in [0, 0.1) is 11.7 Å². The van der Waals surface area contributed by atoms with E-state index in [2.05, 4.69) is 65.6 Å². The molecule has 3 aromatic carbocycles. The highest BCUT2D eigenvalue weighted by Crippen LogP contribution is 2.28. The van der Waals surface area contributed by atoms with Gasteiger partial charge in [0, 0.05) is 19.6 Å².